The van der Waals surface area contributed by atoms with E-state index in [2.05, 4.69) is 12.1 Å². The number of hydrogen-bond acceptors (Lipinski definition) is 2. The second-order valence-corrected chi connectivity index (χ2v) is 4.81. The summed E-state index contributed by atoms with van der Waals surface area (Å²) >= 11 is 0. The van der Waals surface area contributed by atoms with E-state index in [9.17, 15) is 5.11 Å². The summed E-state index contributed by atoms with van der Waals surface area (Å²) in [4.78, 5) is 0. The van der Waals surface area contributed by atoms with Gasteiger partial charge in [-0.1, -0.05) is 30.3 Å². The van der Waals surface area contributed by atoms with E-state index >= 15 is 0 Å². The number of ether oxygens (including phenoxy) is 1. The molecule has 0 atom stereocenters. The standard InChI is InChI=1S/C17H12O2/c1-19-13-8-11-3-2-10-5-7-15(18)14-6-4-12(9-13)16(11)17(10)14/h2-9,18H,1H3. The Labute approximate surface area is 110 Å². The number of phenols is 1. The van der Waals surface area contributed by atoms with E-state index in [0.29, 0.717) is 5.75 Å². The van der Waals surface area contributed by atoms with E-state index in [1.807, 2.05) is 30.3 Å². The van der Waals surface area contributed by atoms with E-state index in [-0.39, 0.29) is 0 Å². The molecule has 4 rings (SSSR count). The lowest BCUT2D eigenvalue weighted by Crippen LogP contribution is -1.87. The highest BCUT2D eigenvalue weighted by atomic mass is 16.5. The van der Waals surface area contributed by atoms with Crippen LogP contribution in [0, 0.1) is 0 Å². The van der Waals surface area contributed by atoms with Crippen molar-refractivity contribution in [3.63, 3.8) is 0 Å². The molecule has 0 heterocycles. The molecule has 4 aromatic carbocycles. The highest BCUT2D eigenvalue weighted by Crippen LogP contribution is 2.39. The van der Waals surface area contributed by atoms with Crippen LogP contribution < -0.4 is 4.74 Å². The van der Waals surface area contributed by atoms with Crippen LogP contribution in [0.25, 0.3) is 32.3 Å². The predicted octanol–water partition coefficient (Wildman–Crippen LogP) is 4.30. The van der Waals surface area contributed by atoms with Gasteiger partial charge >= 0.3 is 0 Å². The van der Waals surface area contributed by atoms with Crippen LogP contribution in [0.15, 0.2) is 48.5 Å². The molecule has 1 N–H and O–H groups in total. The molecule has 0 aliphatic carbocycles. The Hall–Kier alpha value is -2.48. The first-order valence-corrected chi connectivity index (χ1v) is 6.22. The van der Waals surface area contributed by atoms with Crippen molar-refractivity contribution in [1.82, 2.24) is 0 Å². The third-order valence-electron chi connectivity index (χ3n) is 3.79. The maximum absolute atomic E-state index is 10.0. The maximum Gasteiger partial charge on any atom is 0.123 e. The molecule has 0 aromatic heterocycles. The van der Waals surface area contributed by atoms with Gasteiger partial charge in [-0.15, -0.1) is 0 Å². The molecule has 0 bridgehead atoms. The fourth-order valence-corrected chi connectivity index (χ4v) is 2.89. The van der Waals surface area contributed by atoms with Crippen molar-refractivity contribution >= 4 is 32.3 Å². The Kier molecular flexibility index (Phi) is 1.93. The zero-order chi connectivity index (χ0) is 13.0. The highest BCUT2D eigenvalue weighted by molar-refractivity contribution is 6.24. The van der Waals surface area contributed by atoms with Crippen molar-refractivity contribution in [3.05, 3.63) is 48.5 Å². The largest absolute Gasteiger partial charge is 0.507 e. The van der Waals surface area contributed by atoms with Crippen LogP contribution in [0.3, 0.4) is 0 Å². The summed E-state index contributed by atoms with van der Waals surface area (Å²) in [7, 11) is 1.68. The van der Waals surface area contributed by atoms with Gasteiger partial charge in [0.2, 0.25) is 0 Å². The van der Waals surface area contributed by atoms with Crippen LogP contribution in [0.5, 0.6) is 11.5 Å². The lowest BCUT2D eigenvalue weighted by Gasteiger charge is -2.12. The normalized spacial score (nSPS) is 11.6. The average molecular weight is 248 g/mol. The molecule has 0 saturated heterocycles. The van der Waals surface area contributed by atoms with Gasteiger partial charge < -0.3 is 9.84 Å². The van der Waals surface area contributed by atoms with E-state index in [0.717, 1.165) is 32.7 Å². The third kappa shape index (κ3) is 1.31. The molecule has 4 aromatic rings. The van der Waals surface area contributed by atoms with Crippen LogP contribution in [0.2, 0.25) is 0 Å². The fourth-order valence-electron chi connectivity index (χ4n) is 2.89. The minimum atomic E-state index is 0.331. The van der Waals surface area contributed by atoms with Gasteiger partial charge in [-0.25, -0.2) is 0 Å². The Morgan fingerprint density at radius 1 is 0.789 bits per heavy atom. The molecular weight excluding hydrogens is 236 g/mol. The van der Waals surface area contributed by atoms with Crippen molar-refractivity contribution in [2.75, 3.05) is 7.11 Å². The molecule has 0 amide bonds. The Bertz CT molecular complexity index is 890. The second kappa shape index (κ2) is 3.51. The summed E-state index contributed by atoms with van der Waals surface area (Å²) < 4.78 is 5.34. The van der Waals surface area contributed by atoms with Crippen LogP contribution in [-0.4, -0.2) is 12.2 Å². The number of methoxy groups -OCH3 is 1. The monoisotopic (exact) mass is 248 g/mol. The Morgan fingerprint density at radius 2 is 1.42 bits per heavy atom. The van der Waals surface area contributed by atoms with Gasteiger partial charge in [-0.05, 0) is 39.7 Å². The quantitative estimate of drug-likeness (QED) is 0.509. The number of hydrogen-bond donors (Lipinski definition) is 1. The van der Waals surface area contributed by atoms with Crippen LogP contribution in [0.4, 0.5) is 0 Å². The average Bonchev–Trinajstić information content (AvgIpc) is 2.46. The van der Waals surface area contributed by atoms with Gasteiger partial charge in [-0.3, -0.25) is 0 Å². The fraction of sp³-hybridized carbons (Fsp3) is 0.0588. The van der Waals surface area contributed by atoms with Gasteiger partial charge in [0.15, 0.2) is 0 Å². The molecule has 2 nitrogen and oxygen atoms in total. The minimum absolute atomic E-state index is 0.331. The molecular formula is C17H12O2. The number of rotatable bonds is 1. The first kappa shape index (κ1) is 10.4. The molecule has 19 heavy (non-hydrogen) atoms. The van der Waals surface area contributed by atoms with Gasteiger partial charge in [0.1, 0.15) is 11.5 Å². The summed E-state index contributed by atoms with van der Waals surface area (Å²) in [5.41, 5.74) is 0. The number of phenolic OH excluding ortho intramolecular Hbond substituents is 1. The summed E-state index contributed by atoms with van der Waals surface area (Å²) in [5.74, 6) is 1.19. The van der Waals surface area contributed by atoms with E-state index in [1.54, 1.807) is 13.2 Å². The van der Waals surface area contributed by atoms with Gasteiger partial charge in [-0.2, -0.15) is 0 Å². The Balaban J connectivity index is 2.34. The topological polar surface area (TPSA) is 29.5 Å². The Morgan fingerprint density at radius 3 is 2.16 bits per heavy atom. The molecule has 0 radical (unpaired) electrons. The number of aromatic hydroxyl groups is 1. The predicted molar refractivity (Wildman–Crippen MR) is 78.4 cm³/mol. The first-order valence-electron chi connectivity index (χ1n) is 6.22. The molecule has 0 aliphatic rings. The smallest absolute Gasteiger partial charge is 0.123 e. The van der Waals surface area contributed by atoms with Crippen LogP contribution in [0.1, 0.15) is 0 Å². The SMILES string of the molecule is COc1cc2ccc3ccc(O)c4ccc(c1)c2c34. The molecule has 0 saturated carbocycles. The second-order valence-electron chi connectivity index (χ2n) is 4.81. The summed E-state index contributed by atoms with van der Waals surface area (Å²) in [6.07, 6.45) is 0. The zero-order valence-electron chi connectivity index (χ0n) is 10.5. The molecule has 0 fully saturated rings. The summed E-state index contributed by atoms with van der Waals surface area (Å²) in [6, 6.07) is 16.0. The van der Waals surface area contributed by atoms with Crippen LogP contribution in [-0.2, 0) is 0 Å². The van der Waals surface area contributed by atoms with E-state index in [1.165, 1.54) is 5.39 Å². The molecule has 0 aliphatic heterocycles. The van der Waals surface area contributed by atoms with Crippen molar-refractivity contribution < 1.29 is 9.84 Å². The van der Waals surface area contributed by atoms with Crippen molar-refractivity contribution in [1.29, 1.82) is 0 Å². The maximum atomic E-state index is 10.0. The van der Waals surface area contributed by atoms with Crippen LogP contribution >= 0.6 is 0 Å². The number of benzene rings is 4. The van der Waals surface area contributed by atoms with Crippen molar-refractivity contribution in [2.24, 2.45) is 0 Å². The van der Waals surface area contributed by atoms with Crippen molar-refractivity contribution in [2.45, 2.75) is 0 Å². The van der Waals surface area contributed by atoms with E-state index in [4.69, 9.17) is 4.74 Å². The molecule has 0 unspecified atom stereocenters. The van der Waals surface area contributed by atoms with Gasteiger partial charge in [0, 0.05) is 10.8 Å². The van der Waals surface area contributed by atoms with Gasteiger partial charge in [0.25, 0.3) is 0 Å². The molecule has 0 spiro atoms. The minimum Gasteiger partial charge on any atom is -0.507 e. The first-order chi connectivity index (χ1) is 9.28. The summed E-state index contributed by atoms with van der Waals surface area (Å²) in [6.45, 7) is 0. The van der Waals surface area contributed by atoms with Crippen molar-refractivity contribution in [3.8, 4) is 11.5 Å². The lowest BCUT2D eigenvalue weighted by atomic mass is 9.94. The molecule has 2 heteroatoms. The highest BCUT2D eigenvalue weighted by Gasteiger charge is 2.11. The zero-order valence-corrected chi connectivity index (χ0v) is 10.5. The molecule has 92 valence electrons. The summed E-state index contributed by atoms with van der Waals surface area (Å²) in [5, 5.41) is 16.7. The lowest BCUT2D eigenvalue weighted by molar-refractivity contribution is 0.416. The van der Waals surface area contributed by atoms with E-state index < -0.39 is 0 Å². The third-order valence-corrected chi connectivity index (χ3v) is 3.79. The van der Waals surface area contributed by atoms with Gasteiger partial charge in [0.05, 0.1) is 7.11 Å².